The summed E-state index contributed by atoms with van der Waals surface area (Å²) in [5, 5.41) is 2.70. The van der Waals surface area contributed by atoms with Crippen LogP contribution < -0.4 is 21.3 Å². The molecule has 0 spiro atoms. The van der Waals surface area contributed by atoms with Gasteiger partial charge in [0.05, 0.1) is 40.2 Å². The number of rotatable bonds is 10. The normalized spacial score (nSPS) is 14.3. The van der Waals surface area contributed by atoms with E-state index in [0.717, 1.165) is 36.0 Å². The minimum atomic E-state index is -4.02. The molecule has 254 valence electrons. The van der Waals surface area contributed by atoms with Crippen LogP contribution in [-0.4, -0.2) is 56.5 Å². The van der Waals surface area contributed by atoms with E-state index in [0.29, 0.717) is 24.1 Å². The molecule has 4 aromatic heterocycles. The van der Waals surface area contributed by atoms with Crippen LogP contribution in [0.1, 0.15) is 48.2 Å². The highest BCUT2D eigenvalue weighted by atomic mass is 32.2. The van der Waals surface area contributed by atoms with Crippen LogP contribution >= 0.6 is 0 Å². The first-order valence-corrected chi connectivity index (χ1v) is 17.0. The molecule has 1 aliphatic rings. The van der Waals surface area contributed by atoms with Crippen molar-refractivity contribution in [2.45, 2.75) is 55.7 Å². The lowest BCUT2D eigenvalue weighted by Crippen LogP contribution is -2.45. The van der Waals surface area contributed by atoms with Gasteiger partial charge in [0, 0.05) is 31.6 Å². The van der Waals surface area contributed by atoms with Crippen LogP contribution in [0.4, 0.5) is 10.1 Å². The van der Waals surface area contributed by atoms with E-state index in [2.05, 4.69) is 25.0 Å². The summed E-state index contributed by atoms with van der Waals surface area (Å²) in [6.07, 6.45) is 9.32. The molecular formula is C33H32FN7O7S. The van der Waals surface area contributed by atoms with Gasteiger partial charge in [-0.2, -0.15) is 8.42 Å². The van der Waals surface area contributed by atoms with E-state index in [1.165, 1.54) is 72.8 Å². The third-order valence-electron chi connectivity index (χ3n) is 8.30. The maximum atomic E-state index is 15.2. The Balaban J connectivity index is 1.23. The van der Waals surface area contributed by atoms with Gasteiger partial charge >= 0.3 is 11.7 Å². The summed E-state index contributed by atoms with van der Waals surface area (Å²) in [6, 6.07) is 9.26. The zero-order chi connectivity index (χ0) is 34.7. The number of esters is 1. The Morgan fingerprint density at radius 1 is 1.08 bits per heavy atom. The second-order valence-electron chi connectivity index (χ2n) is 11.6. The lowest BCUT2D eigenvalue weighted by molar-refractivity contribution is -0.152. The number of sulfonamides is 1. The molecule has 0 saturated heterocycles. The van der Waals surface area contributed by atoms with Crippen molar-refractivity contribution in [3.8, 4) is 5.69 Å². The Hall–Kier alpha value is -5.64. The number of nitrogens with one attached hydrogen (secondary N) is 3. The first-order valence-electron chi connectivity index (χ1n) is 15.5. The Bertz CT molecular complexity index is 2250. The molecule has 5 aromatic rings. The number of aromatic amines is 1. The Morgan fingerprint density at radius 2 is 1.88 bits per heavy atom. The number of ether oxygens (including phenoxy) is 1. The van der Waals surface area contributed by atoms with Crippen LogP contribution in [0, 0.1) is 5.82 Å². The molecule has 14 nitrogen and oxygen atoms in total. The van der Waals surface area contributed by atoms with Gasteiger partial charge in [0.1, 0.15) is 18.0 Å². The van der Waals surface area contributed by atoms with Crippen molar-refractivity contribution in [1.29, 1.82) is 0 Å². The molecule has 0 radical (unpaired) electrons. The van der Waals surface area contributed by atoms with E-state index in [1.807, 2.05) is 0 Å². The predicted octanol–water partition coefficient (Wildman–Crippen LogP) is 2.96. The van der Waals surface area contributed by atoms with Crippen LogP contribution in [0.15, 0.2) is 87.9 Å². The summed E-state index contributed by atoms with van der Waals surface area (Å²) < 4.78 is 50.5. The van der Waals surface area contributed by atoms with Gasteiger partial charge in [-0.3, -0.25) is 28.8 Å². The van der Waals surface area contributed by atoms with Crippen LogP contribution in [0.2, 0.25) is 0 Å². The third-order valence-corrected chi connectivity index (χ3v) is 9.64. The number of halogens is 1. The topological polar surface area (TPSA) is 187 Å². The smallest absolute Gasteiger partial charge is 0.335 e. The fourth-order valence-corrected chi connectivity index (χ4v) is 6.74. The van der Waals surface area contributed by atoms with Crippen LogP contribution in [0.5, 0.6) is 0 Å². The van der Waals surface area contributed by atoms with Gasteiger partial charge in [-0.1, -0.05) is 6.42 Å². The molecular weight excluding hydrogens is 657 g/mol. The second kappa shape index (κ2) is 13.8. The Morgan fingerprint density at radius 3 is 2.57 bits per heavy atom. The van der Waals surface area contributed by atoms with Gasteiger partial charge < -0.3 is 15.0 Å². The van der Waals surface area contributed by atoms with Gasteiger partial charge in [0.2, 0.25) is 0 Å². The predicted molar refractivity (Wildman–Crippen MR) is 176 cm³/mol. The number of fused-ring (bicyclic) bond motifs is 1. The number of amides is 1. The molecule has 1 amide bonds. The number of hydrogen-bond acceptors (Lipinski definition) is 9. The zero-order valence-electron chi connectivity index (χ0n) is 26.3. The minimum Gasteiger partial charge on any atom is -0.461 e. The zero-order valence-corrected chi connectivity index (χ0v) is 27.1. The van der Waals surface area contributed by atoms with Gasteiger partial charge in [-0.05, 0) is 74.2 Å². The van der Waals surface area contributed by atoms with Gasteiger partial charge in [0.25, 0.3) is 21.5 Å². The largest absolute Gasteiger partial charge is 0.461 e. The van der Waals surface area contributed by atoms with E-state index >= 15 is 4.39 Å². The number of H-pyrrole nitrogens is 1. The molecule has 4 heterocycles. The molecule has 1 fully saturated rings. The first kappa shape index (κ1) is 33.3. The van der Waals surface area contributed by atoms with Gasteiger partial charge in [-0.15, -0.1) is 0 Å². The molecule has 1 saturated carbocycles. The number of anilines is 1. The lowest BCUT2D eigenvalue weighted by Gasteiger charge is -2.25. The average molecular weight is 690 g/mol. The summed E-state index contributed by atoms with van der Waals surface area (Å²) in [5.41, 5.74) is -0.821. The summed E-state index contributed by atoms with van der Waals surface area (Å²) >= 11 is 0. The highest BCUT2D eigenvalue weighted by molar-refractivity contribution is 7.92. The van der Waals surface area contributed by atoms with E-state index in [9.17, 15) is 27.6 Å². The number of aromatic nitrogens is 5. The molecule has 0 aliphatic heterocycles. The molecule has 1 aromatic carbocycles. The summed E-state index contributed by atoms with van der Waals surface area (Å²) in [4.78, 5) is 63.9. The number of aryl methyl sites for hydroxylation is 1. The number of carbonyl (C=O) groups excluding carboxylic acids is 2. The highest BCUT2D eigenvalue weighted by Gasteiger charge is 2.29. The highest BCUT2D eigenvalue weighted by Crippen LogP contribution is 2.22. The van der Waals surface area contributed by atoms with Crippen molar-refractivity contribution in [2.75, 3.05) is 4.72 Å². The summed E-state index contributed by atoms with van der Waals surface area (Å²) in [7, 11) is -2.50. The van der Waals surface area contributed by atoms with Gasteiger partial charge in [0.15, 0.2) is 5.03 Å². The molecule has 1 aliphatic carbocycles. The maximum Gasteiger partial charge on any atom is 0.335 e. The van der Waals surface area contributed by atoms with Crippen molar-refractivity contribution in [1.82, 2.24) is 29.4 Å². The first-order chi connectivity index (χ1) is 23.5. The number of hydrogen-bond donors (Lipinski definition) is 3. The van der Waals surface area contributed by atoms with E-state index < -0.39 is 50.6 Å². The summed E-state index contributed by atoms with van der Waals surface area (Å²) in [6.45, 7) is 0. The average Bonchev–Trinajstić information content (AvgIpc) is 3.65. The molecule has 6 rings (SSSR count). The molecule has 0 unspecified atom stereocenters. The fourth-order valence-electron chi connectivity index (χ4n) is 5.71. The van der Waals surface area contributed by atoms with Crippen molar-refractivity contribution in [2.24, 2.45) is 7.05 Å². The monoisotopic (exact) mass is 689 g/mol. The van der Waals surface area contributed by atoms with Crippen LogP contribution in [0.25, 0.3) is 16.6 Å². The van der Waals surface area contributed by atoms with E-state index in [4.69, 9.17) is 4.74 Å². The number of pyridine rings is 2. The molecule has 3 N–H and O–H groups in total. The van der Waals surface area contributed by atoms with E-state index in [-0.39, 0.29) is 34.3 Å². The van der Waals surface area contributed by atoms with E-state index in [1.54, 1.807) is 0 Å². The lowest BCUT2D eigenvalue weighted by atomic mass is 9.97. The number of nitrogens with zero attached hydrogens (tertiary/aromatic N) is 4. The minimum absolute atomic E-state index is 0.113. The second-order valence-corrected chi connectivity index (χ2v) is 13.3. The maximum absolute atomic E-state index is 15.2. The SMILES string of the molecule is Cn1c(=O)n(-c2ccc(C[C@H](NC(=O)c3ccc(NS(=O)(=O)c4ccc[nH]4)cc3F)C(=O)OC3CCCCC3)nc2)c(=O)c2ccncc21. The van der Waals surface area contributed by atoms with Crippen molar-refractivity contribution in [3.63, 3.8) is 0 Å². The molecule has 1 atom stereocenters. The van der Waals surface area contributed by atoms with Crippen LogP contribution in [-0.2, 0) is 33.0 Å². The van der Waals surface area contributed by atoms with Crippen LogP contribution in [0.3, 0.4) is 0 Å². The standard InChI is InChI=1S/C33H32FN7O7S/c1-40-28-19-35-15-13-25(28)31(43)41(33(40)45)22-11-9-20(37-18-22)17-27(32(44)48-23-6-3-2-4-7-23)38-30(42)24-12-10-21(16-26(24)34)39-49(46,47)29-8-5-14-36-29/h5,8-16,18-19,23,27,36,39H,2-4,6-7,17H2,1H3,(H,38,42)/t27-/m0/s1. The number of benzene rings is 1. The molecule has 16 heteroatoms. The van der Waals surface area contributed by atoms with Crippen molar-refractivity contribution in [3.05, 3.63) is 111 Å². The molecule has 49 heavy (non-hydrogen) atoms. The Kier molecular flexibility index (Phi) is 9.40. The quantitative estimate of drug-likeness (QED) is 0.185. The van der Waals surface area contributed by atoms with Crippen molar-refractivity contribution >= 4 is 38.5 Å². The third kappa shape index (κ3) is 7.13. The summed E-state index contributed by atoms with van der Waals surface area (Å²) in [5.74, 6) is -2.68. The van der Waals surface area contributed by atoms with Crippen molar-refractivity contribution < 1.29 is 27.1 Å². The molecule has 0 bridgehead atoms. The fraction of sp³-hybridized carbons (Fsp3) is 0.273. The Labute approximate surface area is 279 Å². The van der Waals surface area contributed by atoms with Gasteiger partial charge in [-0.25, -0.2) is 18.5 Å². The number of carbonyl (C=O) groups is 2.